The van der Waals surface area contributed by atoms with Crippen molar-refractivity contribution < 1.29 is 60.3 Å². The van der Waals surface area contributed by atoms with Gasteiger partial charge >= 0.3 is 0 Å². The molecule has 1 unspecified atom stereocenters. The van der Waals surface area contributed by atoms with Crippen LogP contribution in [0.3, 0.4) is 0 Å². The molecular weight excluding hydrogens is 2200 g/mol. The molecule has 5 aliphatic rings. The van der Waals surface area contributed by atoms with Crippen LogP contribution < -0.4 is 0 Å². The molecule has 0 fully saturated rings. The van der Waals surface area contributed by atoms with Crippen LogP contribution in [0.1, 0.15) is 98.9 Å². The van der Waals surface area contributed by atoms with Crippen LogP contribution in [-0.2, 0) is 104 Å². The number of fused-ring (bicyclic) bond motifs is 13. The minimum Gasteiger partial charge on any atom is -0.305 e. The molecule has 137 heavy (non-hydrogen) atoms. The third kappa shape index (κ3) is 22.5. The van der Waals surface area contributed by atoms with Crippen LogP contribution >= 0.6 is 0 Å². The molecule has 5 aliphatic carbocycles. The van der Waals surface area contributed by atoms with Gasteiger partial charge in [0.1, 0.15) is 0 Å². The molecule has 25 rings (SSSR count). The normalized spacial score (nSPS) is 13.0. The van der Waals surface area contributed by atoms with Crippen LogP contribution in [0, 0.1) is 50.2 Å². The van der Waals surface area contributed by atoms with Gasteiger partial charge in [0, 0.05) is 97.5 Å². The van der Waals surface area contributed by atoms with Crippen molar-refractivity contribution in [3.63, 3.8) is 0 Å². The summed E-state index contributed by atoms with van der Waals surface area (Å²) in [5.74, 6) is 0. The van der Waals surface area contributed by atoms with E-state index < -0.39 is 0 Å². The summed E-state index contributed by atoms with van der Waals surface area (Å²) < 4.78 is 0. The molecule has 0 saturated carbocycles. The number of aryl methyl sites for hydroxylation is 6. The largest absolute Gasteiger partial charge is 0.305 e. The zero-order chi connectivity index (χ0) is 90.5. The first-order valence-electron chi connectivity index (χ1n) is 46.6. The quantitative estimate of drug-likeness (QED) is 0.127. The third-order valence-corrected chi connectivity index (χ3v) is 25.6. The van der Waals surface area contributed by atoms with Gasteiger partial charge in [-0.3, -0.25) is 0 Å². The van der Waals surface area contributed by atoms with Gasteiger partial charge in [-0.05, 0) is 250 Å². The van der Waals surface area contributed by atoms with Crippen LogP contribution in [0.2, 0.25) is 0 Å². The SMILES string of the molecule is Cc1ccc(-c2ccc3c(c2)-c2ccccc2C32c3ccccc3-c3ccc(C)cc32)cc1.[Ir].[Ir].[Ir].[c-]1ccccc1-c1cc(-c2ccccc2)ccn1.[c-]1ccccc1-c1cc(-c2ccccc2)ccn1.[c-]1ccccc1-c1cc(-c2ccccc2)ccn1.[c-]1ccccc1-c1cc2c(cn1)CCCC2.[c-]1ccccc1-c1nccc2c1CCC2.[c-]1ccccc1-c1nccc2c1CCCC2. The predicted octanol–water partition coefficient (Wildman–Crippen LogP) is 30.8. The minimum absolute atomic E-state index is 0. The number of pyridine rings is 6. The van der Waals surface area contributed by atoms with E-state index in [1.807, 2.05) is 231 Å². The zero-order valence-electron chi connectivity index (χ0n) is 76.5. The van der Waals surface area contributed by atoms with E-state index in [0.717, 1.165) is 67.5 Å². The average Bonchev–Trinajstić information content (AvgIpc) is 1.51. The van der Waals surface area contributed by atoms with E-state index in [1.54, 1.807) is 0 Å². The first kappa shape index (κ1) is 96.1. The fourth-order valence-corrected chi connectivity index (χ4v) is 19.0. The second-order valence-corrected chi connectivity index (χ2v) is 34.3. The number of rotatable bonds is 10. The Morgan fingerprint density at radius 1 is 0.212 bits per heavy atom. The number of nitrogens with zero attached hydrogens (tertiary/aromatic N) is 6. The van der Waals surface area contributed by atoms with Gasteiger partial charge in [0.05, 0.1) is 5.41 Å². The van der Waals surface area contributed by atoms with E-state index in [2.05, 4.69) is 286 Å². The van der Waals surface area contributed by atoms with Crippen molar-refractivity contribution in [2.75, 3.05) is 0 Å². The summed E-state index contributed by atoms with van der Waals surface area (Å²) in [6.07, 6.45) is 25.1. The topological polar surface area (TPSA) is 77.3 Å². The van der Waals surface area contributed by atoms with Crippen LogP contribution in [0.4, 0.5) is 0 Å². The van der Waals surface area contributed by atoms with Gasteiger partial charge in [0.15, 0.2) is 0 Å². The van der Waals surface area contributed by atoms with Crippen molar-refractivity contribution >= 4 is 0 Å². The maximum absolute atomic E-state index is 4.53. The molecule has 675 valence electrons. The molecule has 0 N–H and O–H groups in total. The van der Waals surface area contributed by atoms with Gasteiger partial charge in [-0.15, -0.1) is 215 Å². The first-order chi connectivity index (χ1) is 66.3. The molecule has 0 amide bonds. The van der Waals surface area contributed by atoms with Gasteiger partial charge in [-0.2, -0.15) is 0 Å². The molecule has 9 heteroatoms. The Bertz CT molecular complexity index is 6870. The second-order valence-electron chi connectivity index (χ2n) is 34.3. The second kappa shape index (κ2) is 46.9. The molecule has 6 heterocycles. The van der Waals surface area contributed by atoms with Crippen molar-refractivity contribution in [3.8, 4) is 134 Å². The van der Waals surface area contributed by atoms with E-state index in [4.69, 9.17) is 0 Å². The Morgan fingerprint density at radius 3 is 0.985 bits per heavy atom. The van der Waals surface area contributed by atoms with Gasteiger partial charge in [-0.25, -0.2) is 0 Å². The zero-order valence-corrected chi connectivity index (χ0v) is 83.7. The number of aromatic nitrogens is 6. The van der Waals surface area contributed by atoms with Gasteiger partial charge < -0.3 is 29.9 Å². The van der Waals surface area contributed by atoms with E-state index in [0.29, 0.717) is 0 Å². The van der Waals surface area contributed by atoms with Crippen LogP contribution in [0.5, 0.6) is 0 Å². The molecule has 14 aromatic carbocycles. The summed E-state index contributed by atoms with van der Waals surface area (Å²) >= 11 is 0. The Labute approximate surface area is 847 Å². The van der Waals surface area contributed by atoms with E-state index in [-0.39, 0.29) is 65.7 Å². The van der Waals surface area contributed by atoms with Crippen molar-refractivity contribution in [1.82, 2.24) is 29.9 Å². The van der Waals surface area contributed by atoms with Crippen molar-refractivity contribution in [1.29, 1.82) is 0 Å². The summed E-state index contributed by atoms with van der Waals surface area (Å²) in [6, 6.07) is 158. The van der Waals surface area contributed by atoms with Crippen LogP contribution in [0.25, 0.3) is 134 Å². The molecule has 6 aromatic heterocycles. The summed E-state index contributed by atoms with van der Waals surface area (Å²) in [6.45, 7) is 4.35. The standard InChI is InChI=1S/C33H24.3C17H12N.2C15H14N.C14H12N.3Ir/c1-21-11-14-23(15-12-21)24-16-18-31-28(20-24)26-8-4-6-10-30(26)33(31)29-9-5-3-7-25(29)27-17-13-22(2)19-32(27)33;3*1-3-7-14(8-4-1)16-11-12-18-17(13-16)15-9-5-2-6-10-15;1-2-7-13(8-3-1)15-14-9-5-4-6-12(14)10-11-16-15;1-2-6-12(7-3-1)15-10-13-8-4-5-9-14(13)11-16-15;1-2-5-12(6-3-1)14-13-8-4-7-11(13)9-10-15-14;;;/h3-20H,1-2H3;3*1-9,11-13H;1-3,7,10-11H,4-6,9H2;1-3,6,10-11H,4-5,8-9H2;1-3,5,9-10H,4,7-8H2;;;/q;6*-1;;;. The van der Waals surface area contributed by atoms with Gasteiger partial charge in [0.2, 0.25) is 0 Å². The average molecular weight is 2300 g/mol. The van der Waals surface area contributed by atoms with E-state index in [1.165, 1.54) is 204 Å². The van der Waals surface area contributed by atoms with Crippen molar-refractivity contribution in [3.05, 3.63) is 541 Å². The summed E-state index contributed by atoms with van der Waals surface area (Å²) in [5, 5.41) is 0. The fourth-order valence-electron chi connectivity index (χ4n) is 19.0. The smallest absolute Gasteiger partial charge is 0.0725 e. The number of hydrogen-bond acceptors (Lipinski definition) is 6. The summed E-state index contributed by atoms with van der Waals surface area (Å²) in [5.41, 5.74) is 44.4. The Hall–Kier alpha value is -14.1. The monoisotopic (exact) mass is 2300 g/mol. The molecule has 6 nitrogen and oxygen atoms in total. The van der Waals surface area contributed by atoms with Crippen LogP contribution in [-0.4, -0.2) is 29.9 Å². The molecular formula is C128H100Ir3N6-6. The molecule has 1 atom stereocenters. The summed E-state index contributed by atoms with van der Waals surface area (Å²) in [7, 11) is 0. The Kier molecular flexibility index (Phi) is 32.9. The van der Waals surface area contributed by atoms with E-state index >= 15 is 0 Å². The predicted molar refractivity (Wildman–Crippen MR) is 550 cm³/mol. The van der Waals surface area contributed by atoms with Crippen molar-refractivity contribution in [2.45, 2.75) is 89.9 Å². The Balaban J connectivity index is 0.000000118. The summed E-state index contributed by atoms with van der Waals surface area (Å²) in [4.78, 5) is 26.8. The van der Waals surface area contributed by atoms with E-state index in [9.17, 15) is 0 Å². The van der Waals surface area contributed by atoms with Gasteiger partial charge in [0.25, 0.3) is 0 Å². The third-order valence-electron chi connectivity index (χ3n) is 25.6. The maximum atomic E-state index is 4.53. The first-order valence-corrected chi connectivity index (χ1v) is 46.6. The van der Waals surface area contributed by atoms with Crippen molar-refractivity contribution in [2.24, 2.45) is 0 Å². The molecule has 20 aromatic rings. The molecule has 3 radical (unpaired) electrons. The Morgan fingerprint density at radius 2 is 0.540 bits per heavy atom. The molecule has 0 bridgehead atoms. The molecule has 0 aliphatic heterocycles. The number of benzene rings is 14. The fraction of sp³-hybridized carbons (Fsp3) is 0.109. The van der Waals surface area contributed by atoms with Crippen LogP contribution in [0.15, 0.2) is 438 Å². The van der Waals surface area contributed by atoms with Gasteiger partial charge in [-0.1, -0.05) is 257 Å². The molecule has 0 saturated heterocycles. The number of hydrogen-bond donors (Lipinski definition) is 0. The molecule has 1 spiro atoms. The maximum Gasteiger partial charge on any atom is 0.0725 e. The minimum atomic E-state index is -0.254.